The van der Waals surface area contributed by atoms with Crippen LogP contribution in [0.15, 0.2) is 30.7 Å². The summed E-state index contributed by atoms with van der Waals surface area (Å²) in [4.78, 5) is 21.1. The predicted molar refractivity (Wildman–Crippen MR) is 116 cm³/mol. The minimum Gasteiger partial charge on any atom is -0.394 e. The second-order valence-electron chi connectivity index (χ2n) is 8.51. The van der Waals surface area contributed by atoms with Gasteiger partial charge in [0.2, 0.25) is 5.91 Å². The maximum atomic E-state index is 12.9. The second-order valence-corrected chi connectivity index (χ2v) is 8.51. The maximum absolute atomic E-state index is 12.9. The molecule has 2 aromatic heterocycles. The van der Waals surface area contributed by atoms with Crippen molar-refractivity contribution in [2.75, 3.05) is 26.7 Å². The number of hydrogen-bond donors (Lipinski definition) is 1. The van der Waals surface area contributed by atoms with Gasteiger partial charge < -0.3 is 14.7 Å². The summed E-state index contributed by atoms with van der Waals surface area (Å²) < 4.78 is 8.17. The van der Waals surface area contributed by atoms with E-state index in [0.29, 0.717) is 39.1 Å². The number of ether oxygens (including phenoxy) is 1. The summed E-state index contributed by atoms with van der Waals surface area (Å²) in [5.41, 5.74) is 2.06. The molecule has 1 aliphatic rings. The van der Waals surface area contributed by atoms with Gasteiger partial charge in [-0.25, -0.2) is 4.68 Å². The van der Waals surface area contributed by atoms with Crippen molar-refractivity contribution in [2.45, 2.75) is 58.5 Å². The van der Waals surface area contributed by atoms with Crippen molar-refractivity contribution in [3.05, 3.63) is 42.0 Å². The minimum atomic E-state index is -0.228. The van der Waals surface area contributed by atoms with Gasteiger partial charge >= 0.3 is 0 Å². The molecule has 170 valence electrons. The maximum Gasteiger partial charge on any atom is 0.222 e. The molecule has 3 atom stereocenters. The summed E-state index contributed by atoms with van der Waals surface area (Å²) in [6.07, 6.45) is 6.36. The first-order chi connectivity index (χ1) is 15.0. The molecule has 0 spiro atoms. The number of hydrogen-bond acceptors (Lipinski definition) is 7. The van der Waals surface area contributed by atoms with Crippen molar-refractivity contribution in [3.8, 4) is 0 Å². The van der Waals surface area contributed by atoms with Crippen molar-refractivity contribution in [2.24, 2.45) is 5.92 Å². The van der Waals surface area contributed by atoms with Gasteiger partial charge in [0.1, 0.15) is 0 Å². The van der Waals surface area contributed by atoms with Crippen molar-refractivity contribution < 1.29 is 14.6 Å². The van der Waals surface area contributed by atoms with Gasteiger partial charge in [0.15, 0.2) is 0 Å². The molecule has 1 N–H and O–H groups in total. The molecule has 9 nitrogen and oxygen atoms in total. The smallest absolute Gasteiger partial charge is 0.222 e. The number of pyridine rings is 1. The summed E-state index contributed by atoms with van der Waals surface area (Å²) in [6, 6.07) is 3.77. The average molecular weight is 431 g/mol. The van der Waals surface area contributed by atoms with Crippen molar-refractivity contribution in [1.82, 2.24) is 29.8 Å². The van der Waals surface area contributed by atoms with Crippen LogP contribution < -0.4 is 0 Å². The van der Waals surface area contributed by atoms with Crippen molar-refractivity contribution in [1.29, 1.82) is 0 Å². The Balaban J connectivity index is 1.77. The van der Waals surface area contributed by atoms with E-state index in [-0.39, 0.29) is 30.6 Å². The monoisotopic (exact) mass is 430 g/mol. The Hall–Kier alpha value is -2.36. The molecular formula is C22H34N6O3. The lowest BCUT2D eigenvalue weighted by Crippen LogP contribution is -2.47. The SMILES string of the molecule is C[C@@H]1CN([C@@H](C)CO)C(=O)CCCn2nncc2CO[C@@H]1CN(C)Cc1cccnc1. The third kappa shape index (κ3) is 6.56. The lowest BCUT2D eigenvalue weighted by Gasteiger charge is -2.35. The Morgan fingerprint density at radius 2 is 2.23 bits per heavy atom. The lowest BCUT2D eigenvalue weighted by molar-refractivity contribution is -0.136. The van der Waals surface area contributed by atoms with Gasteiger partial charge in [-0.3, -0.25) is 14.7 Å². The first kappa shape index (κ1) is 23.3. The number of nitrogens with zero attached hydrogens (tertiary/aromatic N) is 6. The van der Waals surface area contributed by atoms with E-state index in [4.69, 9.17) is 4.74 Å². The highest BCUT2D eigenvalue weighted by molar-refractivity contribution is 5.76. The first-order valence-corrected chi connectivity index (χ1v) is 10.9. The number of rotatable bonds is 6. The Bertz CT molecular complexity index is 815. The summed E-state index contributed by atoms with van der Waals surface area (Å²) in [5, 5.41) is 17.9. The molecule has 2 aromatic rings. The van der Waals surface area contributed by atoms with Crippen molar-refractivity contribution >= 4 is 5.91 Å². The van der Waals surface area contributed by atoms with Gasteiger partial charge in [-0.1, -0.05) is 18.2 Å². The molecule has 0 aliphatic carbocycles. The third-order valence-electron chi connectivity index (χ3n) is 5.81. The van der Waals surface area contributed by atoms with E-state index in [2.05, 4.69) is 40.2 Å². The number of likely N-dealkylation sites (N-methyl/N-ethyl adjacent to an activating group) is 1. The van der Waals surface area contributed by atoms with Crippen LogP contribution in [0.25, 0.3) is 0 Å². The number of fused-ring (bicyclic) bond motifs is 1. The van der Waals surface area contributed by atoms with E-state index >= 15 is 0 Å². The topological polar surface area (TPSA) is 96.6 Å². The van der Waals surface area contributed by atoms with Gasteiger partial charge in [0.05, 0.1) is 37.3 Å². The summed E-state index contributed by atoms with van der Waals surface area (Å²) in [5.74, 6) is 0.135. The van der Waals surface area contributed by atoms with E-state index in [9.17, 15) is 9.90 Å². The number of amides is 1. The molecule has 9 heteroatoms. The fourth-order valence-corrected chi connectivity index (χ4v) is 3.92. The van der Waals surface area contributed by atoms with Crippen LogP contribution in [-0.4, -0.2) is 79.7 Å². The molecule has 0 bridgehead atoms. The molecule has 0 aromatic carbocycles. The number of aryl methyl sites for hydroxylation is 1. The highest BCUT2D eigenvalue weighted by atomic mass is 16.5. The van der Waals surface area contributed by atoms with Crippen LogP contribution in [0.3, 0.4) is 0 Å². The number of carbonyl (C=O) groups excluding carboxylic acids is 1. The number of aliphatic hydroxyl groups is 1. The molecular weight excluding hydrogens is 396 g/mol. The third-order valence-corrected chi connectivity index (χ3v) is 5.81. The van der Waals surface area contributed by atoms with Gasteiger partial charge in [-0.15, -0.1) is 5.10 Å². The number of carbonyl (C=O) groups is 1. The number of aliphatic hydroxyl groups excluding tert-OH is 1. The quantitative estimate of drug-likeness (QED) is 0.738. The molecule has 0 saturated heterocycles. The van der Waals surface area contributed by atoms with Crippen LogP contribution >= 0.6 is 0 Å². The molecule has 1 aliphatic heterocycles. The fraction of sp³-hybridized carbons (Fsp3) is 0.636. The summed E-state index contributed by atoms with van der Waals surface area (Å²) in [6.45, 7) is 6.98. The lowest BCUT2D eigenvalue weighted by atomic mass is 10.0. The van der Waals surface area contributed by atoms with E-state index in [1.165, 1.54) is 0 Å². The predicted octanol–water partition coefficient (Wildman–Crippen LogP) is 1.33. The van der Waals surface area contributed by atoms with Gasteiger partial charge in [-0.2, -0.15) is 0 Å². The zero-order chi connectivity index (χ0) is 22.2. The van der Waals surface area contributed by atoms with Crippen LogP contribution in [0.2, 0.25) is 0 Å². The van der Waals surface area contributed by atoms with Crippen molar-refractivity contribution in [3.63, 3.8) is 0 Å². The van der Waals surface area contributed by atoms with E-state index in [1.54, 1.807) is 17.3 Å². The Morgan fingerprint density at radius 1 is 1.39 bits per heavy atom. The first-order valence-electron chi connectivity index (χ1n) is 10.9. The van der Waals surface area contributed by atoms with E-state index in [0.717, 1.165) is 17.8 Å². The number of aromatic nitrogens is 4. The summed E-state index contributed by atoms with van der Waals surface area (Å²) in [7, 11) is 2.06. The Morgan fingerprint density at radius 3 is 2.97 bits per heavy atom. The van der Waals surface area contributed by atoms with Crippen LogP contribution in [0.5, 0.6) is 0 Å². The normalized spacial score (nSPS) is 22.0. The molecule has 0 radical (unpaired) electrons. The standard InChI is InChI=1S/C22H34N6O3/c1-17-12-27(18(2)15-29)22(30)7-5-9-28-20(11-24-25-28)16-31-21(17)14-26(3)13-19-6-4-8-23-10-19/h4,6,8,10-11,17-18,21,29H,5,7,9,12-16H2,1-3H3/t17-,18+,21-/m1/s1. The Labute approximate surface area is 184 Å². The van der Waals surface area contributed by atoms with Crippen LogP contribution in [0.4, 0.5) is 0 Å². The summed E-state index contributed by atoms with van der Waals surface area (Å²) >= 11 is 0. The zero-order valence-corrected chi connectivity index (χ0v) is 18.7. The van der Waals surface area contributed by atoms with E-state index < -0.39 is 0 Å². The zero-order valence-electron chi connectivity index (χ0n) is 18.7. The van der Waals surface area contributed by atoms with E-state index in [1.807, 2.05) is 23.9 Å². The highest BCUT2D eigenvalue weighted by Crippen LogP contribution is 2.18. The molecule has 3 heterocycles. The van der Waals surface area contributed by atoms with Crippen LogP contribution in [0.1, 0.15) is 37.9 Å². The van der Waals surface area contributed by atoms with Gasteiger partial charge in [-0.05, 0) is 32.0 Å². The molecule has 0 saturated carbocycles. The van der Waals surface area contributed by atoms with Gasteiger partial charge in [0, 0.05) is 50.9 Å². The van der Waals surface area contributed by atoms with Gasteiger partial charge in [0.25, 0.3) is 0 Å². The molecule has 31 heavy (non-hydrogen) atoms. The Kier molecular flexibility index (Phi) is 8.51. The molecule has 1 amide bonds. The van der Waals surface area contributed by atoms with Crippen LogP contribution in [-0.2, 0) is 29.2 Å². The molecule has 3 rings (SSSR count). The fourth-order valence-electron chi connectivity index (χ4n) is 3.92. The second kappa shape index (κ2) is 11.3. The average Bonchev–Trinajstić information content (AvgIpc) is 3.21. The minimum absolute atomic E-state index is 0.0538. The molecule has 0 unspecified atom stereocenters. The van der Waals surface area contributed by atoms with Crippen LogP contribution in [0, 0.1) is 5.92 Å². The molecule has 0 fully saturated rings. The highest BCUT2D eigenvalue weighted by Gasteiger charge is 2.28. The largest absolute Gasteiger partial charge is 0.394 e.